The number of rotatable bonds is 8. The van der Waals surface area contributed by atoms with Crippen LogP contribution in [0.2, 0.25) is 0 Å². The monoisotopic (exact) mass is 661 g/mol. The van der Waals surface area contributed by atoms with E-state index >= 15 is 0 Å². The van der Waals surface area contributed by atoms with Gasteiger partial charge in [-0.3, -0.25) is 9.59 Å². The predicted molar refractivity (Wildman–Crippen MR) is 184 cm³/mol. The number of hydrogen-bond donors (Lipinski definition) is 4. The van der Waals surface area contributed by atoms with Gasteiger partial charge in [0.1, 0.15) is 18.2 Å². The van der Waals surface area contributed by atoms with Crippen LogP contribution in [0.15, 0.2) is 67.0 Å². The Balaban J connectivity index is 1.03. The lowest BCUT2D eigenvalue weighted by Crippen LogP contribution is -2.41. The first-order valence-electron chi connectivity index (χ1n) is 16.6. The summed E-state index contributed by atoms with van der Waals surface area (Å²) in [5, 5.41) is 3.47. The Bertz CT molecular complexity index is 2000. The summed E-state index contributed by atoms with van der Waals surface area (Å²) >= 11 is 0. The third kappa shape index (κ3) is 6.49. The zero-order valence-corrected chi connectivity index (χ0v) is 27.5. The van der Waals surface area contributed by atoms with E-state index < -0.39 is 12.1 Å². The van der Waals surface area contributed by atoms with Crippen LogP contribution in [0.3, 0.4) is 0 Å². The largest absolute Gasteiger partial charge is 0.453 e. The van der Waals surface area contributed by atoms with Crippen LogP contribution < -0.4 is 11.1 Å². The molecule has 0 radical (unpaired) electrons. The highest BCUT2D eigenvalue weighted by molar-refractivity contribution is 5.86. The second kappa shape index (κ2) is 13.5. The molecule has 13 nitrogen and oxygen atoms in total. The molecular weight excluding hydrogens is 622 g/mol. The van der Waals surface area contributed by atoms with E-state index in [4.69, 9.17) is 10.7 Å². The number of nitrogens with two attached hydrogens (primary N) is 1. The summed E-state index contributed by atoms with van der Waals surface area (Å²) in [5.41, 5.74) is 12.3. The molecule has 3 aromatic heterocycles. The van der Waals surface area contributed by atoms with Crippen LogP contribution in [0.4, 0.5) is 4.79 Å². The summed E-state index contributed by atoms with van der Waals surface area (Å²) < 4.78 is 4.57. The number of nitrogens with one attached hydrogen (secondary N) is 3. The van der Waals surface area contributed by atoms with Crippen LogP contribution in [0.5, 0.6) is 0 Å². The van der Waals surface area contributed by atoms with Crippen molar-refractivity contribution >= 4 is 28.8 Å². The minimum atomic E-state index is -0.633. The summed E-state index contributed by atoms with van der Waals surface area (Å²) in [5.74, 6) is 1.28. The number of nitrogens with zero attached hydrogens (tertiary/aromatic N) is 5. The number of methoxy groups -OCH3 is 1. The van der Waals surface area contributed by atoms with Crippen molar-refractivity contribution in [3.05, 3.63) is 78.6 Å². The number of fused-ring (bicyclic) bond motifs is 1. The van der Waals surface area contributed by atoms with Gasteiger partial charge >= 0.3 is 6.09 Å². The minimum Gasteiger partial charge on any atom is -0.453 e. The fourth-order valence-electron chi connectivity index (χ4n) is 6.83. The summed E-state index contributed by atoms with van der Waals surface area (Å²) in [6.45, 7) is 2.91. The molecule has 2 aromatic carbocycles. The van der Waals surface area contributed by atoms with E-state index in [0.717, 1.165) is 82.0 Å². The van der Waals surface area contributed by atoms with Crippen LogP contribution in [0, 0.1) is 0 Å². The number of imidazole rings is 2. The van der Waals surface area contributed by atoms with E-state index in [1.807, 2.05) is 53.6 Å². The molecule has 0 bridgehead atoms. The van der Waals surface area contributed by atoms with Gasteiger partial charge in [-0.05, 0) is 56.4 Å². The van der Waals surface area contributed by atoms with E-state index in [0.29, 0.717) is 13.1 Å². The Morgan fingerprint density at radius 2 is 1.49 bits per heavy atom. The van der Waals surface area contributed by atoms with Crippen molar-refractivity contribution in [1.82, 2.24) is 40.0 Å². The Morgan fingerprint density at radius 3 is 2.16 bits per heavy atom. The maximum Gasteiger partial charge on any atom is 0.407 e. The molecule has 7 rings (SSSR count). The molecular formula is C36H39N9O4. The number of pyridine rings is 1. The molecule has 252 valence electrons. The molecule has 2 saturated heterocycles. The van der Waals surface area contributed by atoms with E-state index in [1.54, 1.807) is 18.0 Å². The van der Waals surface area contributed by atoms with E-state index in [1.165, 1.54) is 7.11 Å². The number of aromatic nitrogens is 5. The number of alkyl carbamates (subject to hydrolysis) is 1. The third-order valence-corrected chi connectivity index (χ3v) is 9.38. The molecule has 2 aliphatic heterocycles. The van der Waals surface area contributed by atoms with Gasteiger partial charge < -0.3 is 35.6 Å². The number of amides is 3. The third-order valence-electron chi connectivity index (χ3n) is 9.38. The molecule has 5 N–H and O–H groups in total. The Kier molecular flexibility index (Phi) is 8.83. The van der Waals surface area contributed by atoms with E-state index in [-0.39, 0.29) is 30.4 Å². The van der Waals surface area contributed by atoms with Gasteiger partial charge in [0.2, 0.25) is 11.8 Å². The van der Waals surface area contributed by atoms with Crippen molar-refractivity contribution in [2.75, 3.05) is 26.7 Å². The van der Waals surface area contributed by atoms with Crippen molar-refractivity contribution in [3.63, 3.8) is 0 Å². The Hall–Kier alpha value is -5.56. The van der Waals surface area contributed by atoms with Crippen LogP contribution >= 0.6 is 0 Å². The number of carbonyl (C=O) groups excluding carboxylic acids is 3. The SMILES string of the molecule is COC(=O)NCC(=O)N1CCC[C@H]1c1ncc(-c2ccc(-c3ccc4cc(-c5cnc([C@@H]6CCCN6C(=O)[C@H](C)N)[nH]5)ccc4n3)cc2)[nH]1. The number of hydrogen-bond acceptors (Lipinski definition) is 8. The van der Waals surface area contributed by atoms with E-state index in [9.17, 15) is 14.4 Å². The topological polar surface area (TPSA) is 175 Å². The highest BCUT2D eigenvalue weighted by Gasteiger charge is 2.34. The molecule has 3 amide bonds. The normalized spacial score (nSPS) is 18.2. The number of aromatic amines is 2. The van der Waals surface area contributed by atoms with Gasteiger partial charge in [0.25, 0.3) is 0 Å². The summed E-state index contributed by atoms with van der Waals surface area (Å²) in [4.78, 5) is 61.3. The molecule has 49 heavy (non-hydrogen) atoms. The van der Waals surface area contributed by atoms with Crippen molar-refractivity contribution < 1.29 is 19.1 Å². The number of carbonyl (C=O) groups is 3. The van der Waals surface area contributed by atoms with Crippen molar-refractivity contribution in [1.29, 1.82) is 0 Å². The zero-order chi connectivity index (χ0) is 34.1. The lowest BCUT2D eigenvalue weighted by molar-refractivity contribution is -0.133. The van der Waals surface area contributed by atoms with Gasteiger partial charge in [0.05, 0.1) is 60.2 Å². The molecule has 0 unspecified atom stereocenters. The molecule has 13 heteroatoms. The molecule has 3 atom stereocenters. The highest BCUT2D eigenvalue weighted by atomic mass is 16.5. The molecule has 2 aliphatic rings. The molecule has 5 heterocycles. The number of ether oxygens (including phenoxy) is 1. The fourth-order valence-corrected chi connectivity index (χ4v) is 6.83. The smallest absolute Gasteiger partial charge is 0.407 e. The van der Waals surface area contributed by atoms with Gasteiger partial charge in [-0.2, -0.15) is 0 Å². The average Bonchev–Trinajstić information content (AvgIpc) is 3.96. The lowest BCUT2D eigenvalue weighted by atomic mass is 10.0. The molecule has 5 aromatic rings. The van der Waals surface area contributed by atoms with Crippen molar-refractivity contribution in [2.24, 2.45) is 5.73 Å². The molecule has 0 aliphatic carbocycles. The zero-order valence-electron chi connectivity index (χ0n) is 27.5. The average molecular weight is 662 g/mol. The van der Waals surface area contributed by atoms with Crippen molar-refractivity contribution in [3.8, 4) is 33.8 Å². The quantitative estimate of drug-likeness (QED) is 0.185. The standard InChI is InChI=1S/C36H39N9O4/c1-21(37)35(47)45-16-4-6-31(45)34-39-19-29(43-34)25-12-14-27-24(17-25)11-13-26(41-27)22-7-9-23(10-8-22)28-18-38-33(42-28)30-5-3-15-44(30)32(46)20-40-36(48)49-2/h7-14,17-19,21,30-31H,3-6,15-16,20,37H2,1-2H3,(H,38,42)(H,39,43)(H,40,48)/t21-,30-,31-/m0/s1. The van der Waals surface area contributed by atoms with Gasteiger partial charge in [-0.25, -0.2) is 19.7 Å². The summed E-state index contributed by atoms with van der Waals surface area (Å²) in [7, 11) is 1.27. The summed E-state index contributed by atoms with van der Waals surface area (Å²) in [6, 6.07) is 17.6. The van der Waals surface area contributed by atoms with E-state index in [2.05, 4.69) is 42.1 Å². The first-order chi connectivity index (χ1) is 23.8. The Labute approximate surface area is 283 Å². The Morgan fingerprint density at radius 1 is 0.878 bits per heavy atom. The first-order valence-corrected chi connectivity index (χ1v) is 16.6. The minimum absolute atomic E-state index is 0.0489. The predicted octanol–water partition coefficient (Wildman–Crippen LogP) is 4.71. The second-order valence-corrected chi connectivity index (χ2v) is 12.6. The molecule has 0 saturated carbocycles. The van der Waals surface area contributed by atoms with Crippen LogP contribution in [-0.4, -0.2) is 85.4 Å². The van der Waals surface area contributed by atoms with Crippen molar-refractivity contribution in [2.45, 2.75) is 50.7 Å². The number of benzene rings is 2. The molecule has 2 fully saturated rings. The lowest BCUT2D eigenvalue weighted by Gasteiger charge is -2.24. The van der Waals surface area contributed by atoms with Crippen LogP contribution in [0.25, 0.3) is 44.7 Å². The maximum atomic E-state index is 12.7. The first kappa shape index (κ1) is 32.0. The highest BCUT2D eigenvalue weighted by Crippen LogP contribution is 2.34. The van der Waals surface area contributed by atoms with Gasteiger partial charge in [-0.1, -0.05) is 36.4 Å². The van der Waals surface area contributed by atoms with Gasteiger partial charge in [0.15, 0.2) is 0 Å². The van der Waals surface area contributed by atoms with Crippen LogP contribution in [0.1, 0.15) is 56.3 Å². The second-order valence-electron chi connectivity index (χ2n) is 12.6. The van der Waals surface area contributed by atoms with Gasteiger partial charge in [0, 0.05) is 29.6 Å². The number of H-pyrrole nitrogens is 2. The van der Waals surface area contributed by atoms with Gasteiger partial charge in [-0.15, -0.1) is 0 Å². The number of likely N-dealkylation sites (tertiary alicyclic amines) is 2. The summed E-state index contributed by atoms with van der Waals surface area (Å²) in [6.07, 6.45) is 6.43. The molecule has 0 spiro atoms. The van der Waals surface area contributed by atoms with Crippen LogP contribution in [-0.2, 0) is 14.3 Å². The fraction of sp³-hybridized carbons (Fsp3) is 0.333. The maximum absolute atomic E-state index is 12.7.